The lowest BCUT2D eigenvalue weighted by Crippen LogP contribution is -2.62. The summed E-state index contributed by atoms with van der Waals surface area (Å²) in [5, 5.41) is 27.2. The van der Waals surface area contributed by atoms with Gasteiger partial charge in [-0.15, -0.1) is 0 Å². The van der Waals surface area contributed by atoms with Gasteiger partial charge >= 0.3 is 0 Å². The number of piperidine rings is 2. The number of hydrogen-bond acceptors (Lipinski definition) is 10. The van der Waals surface area contributed by atoms with Crippen molar-refractivity contribution < 1.29 is 38.9 Å². The SMILES string of the molecule is NCc1cccc(C2CCN(C(=O)c3cccc(NC(=O)C4(O)COC(O)(C(=O)Nc5cccc(C(=O)N6CCC(c7cccc(CN)c7)CC6)c5)CO4)c3)CC2)c1. The number of rotatable bonds is 10. The minimum Gasteiger partial charge on any atom is -0.356 e. The Morgan fingerprint density at radius 1 is 0.586 bits per heavy atom. The molecule has 0 bridgehead atoms. The van der Waals surface area contributed by atoms with Crippen molar-refractivity contribution in [1.82, 2.24) is 9.80 Å². The molecule has 0 radical (unpaired) electrons. The molecule has 4 amide bonds. The average molecular weight is 791 g/mol. The van der Waals surface area contributed by atoms with Crippen LogP contribution < -0.4 is 22.1 Å². The molecule has 3 heterocycles. The van der Waals surface area contributed by atoms with Crippen LogP contribution in [0.25, 0.3) is 0 Å². The fourth-order valence-corrected chi connectivity index (χ4v) is 7.84. The van der Waals surface area contributed by atoms with Crippen LogP contribution in [0, 0.1) is 0 Å². The molecule has 2 unspecified atom stereocenters. The molecule has 0 spiro atoms. The van der Waals surface area contributed by atoms with E-state index in [1.54, 1.807) is 46.2 Å². The maximum absolute atomic E-state index is 13.4. The summed E-state index contributed by atoms with van der Waals surface area (Å²) in [7, 11) is 0. The predicted octanol–water partition coefficient (Wildman–Crippen LogP) is 3.64. The number of amides is 4. The Morgan fingerprint density at radius 3 is 1.33 bits per heavy atom. The average Bonchev–Trinajstić information content (AvgIpc) is 3.27. The zero-order chi connectivity index (χ0) is 40.9. The van der Waals surface area contributed by atoms with Crippen molar-refractivity contribution in [3.63, 3.8) is 0 Å². The minimum atomic E-state index is -2.55. The predicted molar refractivity (Wildman–Crippen MR) is 216 cm³/mol. The van der Waals surface area contributed by atoms with E-state index < -0.39 is 36.6 Å². The van der Waals surface area contributed by atoms with Crippen LogP contribution >= 0.6 is 0 Å². The van der Waals surface area contributed by atoms with Gasteiger partial charge in [0.15, 0.2) is 0 Å². The number of benzene rings is 4. The first-order chi connectivity index (χ1) is 28.0. The number of aliphatic hydroxyl groups is 2. The van der Waals surface area contributed by atoms with E-state index in [2.05, 4.69) is 34.9 Å². The number of likely N-dealkylation sites (tertiary alicyclic amines) is 2. The van der Waals surface area contributed by atoms with E-state index in [9.17, 15) is 29.4 Å². The maximum atomic E-state index is 13.4. The number of nitrogens with zero attached hydrogens (tertiary/aromatic N) is 2. The Hall–Kier alpha value is -5.48. The van der Waals surface area contributed by atoms with Gasteiger partial charge in [-0.05, 0) is 96.2 Å². The fourth-order valence-electron chi connectivity index (χ4n) is 7.84. The number of ether oxygens (including phenoxy) is 2. The third kappa shape index (κ3) is 9.12. The van der Waals surface area contributed by atoms with Gasteiger partial charge < -0.3 is 51.6 Å². The molecule has 0 saturated carbocycles. The smallest absolute Gasteiger partial charge is 0.287 e. The molecule has 14 heteroatoms. The molecule has 304 valence electrons. The molecule has 4 aromatic rings. The number of nitrogens with two attached hydrogens (primary N) is 2. The highest BCUT2D eigenvalue weighted by Gasteiger charge is 2.51. The Balaban J connectivity index is 0.893. The summed E-state index contributed by atoms with van der Waals surface area (Å²) in [6, 6.07) is 29.2. The molecular weight excluding hydrogens is 741 g/mol. The topological polar surface area (TPSA) is 210 Å². The van der Waals surface area contributed by atoms with Gasteiger partial charge in [0.2, 0.25) is 0 Å². The van der Waals surface area contributed by atoms with Gasteiger partial charge in [0.05, 0.1) is 0 Å². The third-order valence-corrected chi connectivity index (χ3v) is 11.3. The van der Waals surface area contributed by atoms with E-state index in [1.807, 2.05) is 24.3 Å². The molecule has 3 fully saturated rings. The van der Waals surface area contributed by atoms with Gasteiger partial charge in [-0.25, -0.2) is 0 Å². The second-order valence-electron chi connectivity index (χ2n) is 15.2. The molecule has 0 aromatic heterocycles. The van der Waals surface area contributed by atoms with Crippen LogP contribution in [0.5, 0.6) is 0 Å². The Kier molecular flexibility index (Phi) is 12.3. The highest BCUT2D eigenvalue weighted by Crippen LogP contribution is 2.32. The molecule has 8 N–H and O–H groups in total. The fraction of sp³-hybridized carbons (Fsp3) is 0.364. The van der Waals surface area contributed by atoms with Crippen LogP contribution in [0.3, 0.4) is 0 Å². The summed E-state index contributed by atoms with van der Waals surface area (Å²) in [5.41, 5.74) is 17.4. The first kappa shape index (κ1) is 40.7. The molecule has 58 heavy (non-hydrogen) atoms. The van der Waals surface area contributed by atoms with Crippen molar-refractivity contribution >= 4 is 35.0 Å². The summed E-state index contributed by atoms with van der Waals surface area (Å²) in [6.45, 7) is 1.48. The summed E-state index contributed by atoms with van der Waals surface area (Å²) >= 11 is 0. The zero-order valence-electron chi connectivity index (χ0n) is 32.3. The normalized spacial score (nSPS) is 21.7. The summed E-state index contributed by atoms with van der Waals surface area (Å²) in [5.74, 6) is -6.84. The Morgan fingerprint density at radius 2 is 0.966 bits per heavy atom. The summed E-state index contributed by atoms with van der Waals surface area (Å²) in [4.78, 5) is 56.8. The molecule has 14 nitrogen and oxygen atoms in total. The van der Waals surface area contributed by atoms with Gasteiger partial charge in [-0.2, -0.15) is 0 Å². The minimum absolute atomic E-state index is 0.183. The number of carbonyl (C=O) groups excluding carboxylic acids is 4. The van der Waals surface area contributed by atoms with E-state index in [0.717, 1.165) is 36.8 Å². The standard InChI is InChI=1S/C44H50N6O8/c45-25-29-5-1-7-33(21-29)31-13-17-49(18-14-31)39(51)35-9-3-11-37(23-35)47-41(53)43(55)27-58-44(56,28-57-43)42(54)48-38-12-4-10-36(24-38)40(52)50-19-15-32(16-20-50)34-8-2-6-30(22-34)26-46/h1-12,21-24,31-32,55-56H,13-20,25-28,45-46H2,(H,47,53)(H,48,54). The second-order valence-corrected chi connectivity index (χ2v) is 15.2. The highest BCUT2D eigenvalue weighted by molar-refractivity contribution is 6.01. The van der Waals surface area contributed by atoms with Crippen molar-refractivity contribution in [3.05, 3.63) is 130 Å². The van der Waals surface area contributed by atoms with Crippen molar-refractivity contribution in [3.8, 4) is 0 Å². The van der Waals surface area contributed by atoms with Gasteiger partial charge in [0, 0.05) is 61.8 Å². The first-order valence-electron chi connectivity index (χ1n) is 19.7. The van der Waals surface area contributed by atoms with E-state index in [4.69, 9.17) is 20.9 Å². The van der Waals surface area contributed by atoms with Crippen LogP contribution in [0.2, 0.25) is 0 Å². The van der Waals surface area contributed by atoms with Gasteiger partial charge in [-0.3, -0.25) is 19.2 Å². The van der Waals surface area contributed by atoms with Crippen molar-refractivity contribution in [2.45, 2.75) is 62.2 Å². The van der Waals surface area contributed by atoms with Gasteiger partial charge in [-0.1, -0.05) is 60.7 Å². The Labute approximate surface area is 337 Å². The molecular formula is C44H50N6O8. The third-order valence-electron chi connectivity index (χ3n) is 11.3. The summed E-state index contributed by atoms with van der Waals surface area (Å²) < 4.78 is 10.7. The maximum Gasteiger partial charge on any atom is 0.287 e. The number of anilines is 2. The molecule has 3 saturated heterocycles. The van der Waals surface area contributed by atoms with Crippen LogP contribution in [0.1, 0.15) is 80.5 Å². The molecule has 0 aliphatic carbocycles. The molecule has 7 rings (SSSR count). The van der Waals surface area contributed by atoms with E-state index in [-0.39, 0.29) is 23.2 Å². The van der Waals surface area contributed by atoms with Crippen LogP contribution in [-0.2, 0) is 32.2 Å². The van der Waals surface area contributed by atoms with Gasteiger partial charge in [0.1, 0.15) is 13.2 Å². The van der Waals surface area contributed by atoms with Crippen LogP contribution in [0.15, 0.2) is 97.1 Å². The van der Waals surface area contributed by atoms with Crippen LogP contribution in [-0.4, -0.2) is 94.6 Å². The Bertz CT molecular complexity index is 1990. The van der Waals surface area contributed by atoms with E-state index in [0.29, 0.717) is 62.2 Å². The molecule has 4 aromatic carbocycles. The van der Waals surface area contributed by atoms with Crippen molar-refractivity contribution in [2.24, 2.45) is 11.5 Å². The molecule has 2 atom stereocenters. The monoisotopic (exact) mass is 790 g/mol. The largest absolute Gasteiger partial charge is 0.356 e. The van der Waals surface area contributed by atoms with Gasteiger partial charge in [0.25, 0.3) is 35.2 Å². The molecule has 3 aliphatic rings. The lowest BCUT2D eigenvalue weighted by Gasteiger charge is -2.38. The second kappa shape index (κ2) is 17.6. The molecule has 3 aliphatic heterocycles. The lowest BCUT2D eigenvalue weighted by molar-refractivity contribution is -0.335. The van der Waals surface area contributed by atoms with Crippen molar-refractivity contribution in [2.75, 3.05) is 50.0 Å². The van der Waals surface area contributed by atoms with E-state index >= 15 is 0 Å². The summed E-state index contributed by atoms with van der Waals surface area (Å²) in [6.07, 6.45) is 3.24. The lowest BCUT2D eigenvalue weighted by atomic mass is 9.88. The quantitative estimate of drug-likeness (QED) is 0.137. The van der Waals surface area contributed by atoms with E-state index in [1.165, 1.54) is 23.3 Å². The first-order valence-corrected chi connectivity index (χ1v) is 19.7. The highest BCUT2D eigenvalue weighted by atomic mass is 16.7. The number of hydrogen-bond donors (Lipinski definition) is 6. The number of nitrogens with one attached hydrogen (secondary N) is 2. The van der Waals surface area contributed by atoms with Crippen LogP contribution in [0.4, 0.5) is 11.4 Å². The zero-order valence-corrected chi connectivity index (χ0v) is 32.3. The van der Waals surface area contributed by atoms with Crippen molar-refractivity contribution in [1.29, 1.82) is 0 Å². The number of carbonyl (C=O) groups is 4.